The molecule has 33 heavy (non-hydrogen) atoms. The van der Waals surface area contributed by atoms with Crippen LogP contribution in [0.2, 0.25) is 5.02 Å². The molecule has 0 radical (unpaired) electrons. The number of piperazine rings is 1. The number of nitrogens with two attached hydrogens (primary N) is 1. The number of urea groups is 1. The Hall–Kier alpha value is -2.96. The van der Waals surface area contributed by atoms with Gasteiger partial charge in [0, 0.05) is 32.7 Å². The molecule has 0 saturated carbocycles. The number of carbonyl (C=O) groups excluding carboxylic acids is 2. The number of amides is 3. The molecular formula is C20H23ClN6O5S. The third kappa shape index (κ3) is 4.87. The number of nitrogens with zero attached hydrogens (tertiary/aromatic N) is 5. The van der Waals surface area contributed by atoms with E-state index >= 15 is 0 Å². The molecule has 2 aliphatic heterocycles. The van der Waals surface area contributed by atoms with Crippen molar-refractivity contribution in [3.63, 3.8) is 0 Å². The van der Waals surface area contributed by atoms with Gasteiger partial charge in [0.15, 0.2) is 0 Å². The number of primary amides is 1. The largest absolute Gasteiger partial charge is 0.495 e. The van der Waals surface area contributed by atoms with Crippen molar-refractivity contribution in [3.05, 3.63) is 35.1 Å². The van der Waals surface area contributed by atoms with E-state index in [-0.39, 0.29) is 5.88 Å². The van der Waals surface area contributed by atoms with Crippen LogP contribution in [-0.2, 0) is 11.3 Å². The summed E-state index contributed by atoms with van der Waals surface area (Å²) in [7, 11) is 3.00. The minimum atomic E-state index is -0.991. The molecule has 13 heteroatoms. The Kier molecular flexibility index (Phi) is 6.96. The van der Waals surface area contributed by atoms with Gasteiger partial charge < -0.3 is 24.8 Å². The lowest BCUT2D eigenvalue weighted by atomic mass is 10.2. The van der Waals surface area contributed by atoms with Gasteiger partial charge in [0.2, 0.25) is 11.4 Å². The summed E-state index contributed by atoms with van der Waals surface area (Å²) in [6.45, 7) is 2.99. The van der Waals surface area contributed by atoms with Crippen LogP contribution in [0.4, 0.5) is 15.3 Å². The molecule has 0 aliphatic carbocycles. The summed E-state index contributed by atoms with van der Waals surface area (Å²) >= 11 is 7.30. The fourth-order valence-electron chi connectivity index (χ4n) is 3.65. The van der Waals surface area contributed by atoms with Gasteiger partial charge in [-0.15, -0.1) is 0 Å². The maximum atomic E-state index is 12.8. The minimum Gasteiger partial charge on any atom is -0.495 e. The minimum absolute atomic E-state index is 0.178. The third-order valence-corrected chi connectivity index (χ3v) is 6.63. The average molecular weight is 495 g/mol. The molecule has 1 saturated heterocycles. The normalized spacial score (nSPS) is 18.1. The van der Waals surface area contributed by atoms with Gasteiger partial charge in [-0.3, -0.25) is 4.90 Å². The summed E-state index contributed by atoms with van der Waals surface area (Å²) in [4.78, 5) is 38.0. The second-order valence-corrected chi connectivity index (χ2v) is 8.72. The van der Waals surface area contributed by atoms with Gasteiger partial charge in [0.25, 0.3) is 0 Å². The summed E-state index contributed by atoms with van der Waals surface area (Å²) < 4.78 is 16.0. The Morgan fingerprint density at radius 3 is 2.58 bits per heavy atom. The molecule has 1 fully saturated rings. The highest BCUT2D eigenvalue weighted by Crippen LogP contribution is 2.46. The summed E-state index contributed by atoms with van der Waals surface area (Å²) in [5.41, 5.74) is 5.89. The Balaban J connectivity index is 1.35. The second-order valence-electron chi connectivity index (χ2n) is 7.29. The smallest absolute Gasteiger partial charge is 0.412 e. The monoisotopic (exact) mass is 494 g/mol. The highest BCUT2D eigenvalue weighted by Gasteiger charge is 2.41. The van der Waals surface area contributed by atoms with Crippen molar-refractivity contribution in [3.8, 4) is 11.6 Å². The van der Waals surface area contributed by atoms with Crippen LogP contribution in [0.15, 0.2) is 29.6 Å². The fourth-order valence-corrected chi connectivity index (χ4v) is 4.97. The molecule has 3 heterocycles. The molecule has 2 N–H and O–H groups in total. The number of aromatic nitrogens is 2. The third-order valence-electron chi connectivity index (χ3n) is 5.30. The first kappa shape index (κ1) is 23.2. The summed E-state index contributed by atoms with van der Waals surface area (Å²) in [5.74, 6) is 0.811. The number of benzene rings is 1. The van der Waals surface area contributed by atoms with Gasteiger partial charge in [0.1, 0.15) is 22.8 Å². The van der Waals surface area contributed by atoms with Crippen LogP contribution in [0.25, 0.3) is 0 Å². The number of ether oxygens (including phenoxy) is 3. The van der Waals surface area contributed by atoms with Crippen molar-refractivity contribution in [2.24, 2.45) is 5.73 Å². The summed E-state index contributed by atoms with van der Waals surface area (Å²) in [5, 5.41) is 1.01. The predicted molar refractivity (Wildman–Crippen MR) is 122 cm³/mol. The Morgan fingerprint density at radius 2 is 1.94 bits per heavy atom. The lowest BCUT2D eigenvalue weighted by Crippen LogP contribution is -2.50. The number of fused-ring (bicyclic) bond motifs is 1. The molecule has 3 amide bonds. The molecule has 1 unspecified atom stereocenters. The standard InChI is InChI=1S/C20H23ClN6O5S/c1-30-14-4-3-12(9-13(14)21)10-25-5-7-26(8-6-25)19(29)32-20-27(18(22)28)15-16(31-2)23-11-24-17(15)33-20/h3-4,9,11,20H,5-8,10H2,1-2H3,(H2,22,28). The van der Waals surface area contributed by atoms with Crippen LogP contribution in [0.1, 0.15) is 5.56 Å². The van der Waals surface area contributed by atoms with Gasteiger partial charge in [-0.25, -0.2) is 19.5 Å². The van der Waals surface area contributed by atoms with Crippen molar-refractivity contribution in [2.75, 3.05) is 45.3 Å². The first-order valence-corrected chi connectivity index (χ1v) is 11.3. The van der Waals surface area contributed by atoms with Gasteiger partial charge in [-0.1, -0.05) is 17.7 Å². The number of methoxy groups -OCH3 is 2. The van der Waals surface area contributed by atoms with Crippen molar-refractivity contribution >= 4 is 41.2 Å². The van der Waals surface area contributed by atoms with Crippen molar-refractivity contribution in [1.29, 1.82) is 0 Å². The average Bonchev–Trinajstić information content (AvgIpc) is 3.18. The van der Waals surface area contributed by atoms with E-state index in [0.717, 1.165) is 22.2 Å². The molecule has 1 atom stereocenters. The van der Waals surface area contributed by atoms with E-state index in [1.807, 2.05) is 18.2 Å². The van der Waals surface area contributed by atoms with Crippen LogP contribution in [0, 0.1) is 0 Å². The quantitative estimate of drug-likeness (QED) is 0.624. The Labute approximate surface area is 199 Å². The zero-order valence-corrected chi connectivity index (χ0v) is 19.6. The Bertz CT molecular complexity index is 1050. The van der Waals surface area contributed by atoms with E-state index in [1.165, 1.54) is 13.4 Å². The van der Waals surface area contributed by atoms with Crippen LogP contribution >= 0.6 is 23.4 Å². The predicted octanol–water partition coefficient (Wildman–Crippen LogP) is 2.38. The maximum absolute atomic E-state index is 12.8. The van der Waals surface area contributed by atoms with E-state index < -0.39 is 17.7 Å². The zero-order chi connectivity index (χ0) is 23.5. The van der Waals surface area contributed by atoms with Gasteiger partial charge in [0.05, 0.1) is 19.2 Å². The summed E-state index contributed by atoms with van der Waals surface area (Å²) in [6, 6.07) is 4.89. The molecule has 1 aromatic carbocycles. The Morgan fingerprint density at radius 1 is 1.18 bits per heavy atom. The molecule has 2 aromatic rings. The molecule has 176 valence electrons. The van der Waals surface area contributed by atoms with Crippen LogP contribution in [-0.4, -0.2) is 77.9 Å². The van der Waals surface area contributed by atoms with Crippen LogP contribution in [0.5, 0.6) is 11.6 Å². The van der Waals surface area contributed by atoms with Crippen molar-refractivity contribution < 1.29 is 23.8 Å². The van der Waals surface area contributed by atoms with E-state index in [2.05, 4.69) is 14.9 Å². The molecule has 4 rings (SSSR count). The van der Waals surface area contributed by atoms with Crippen LogP contribution in [0.3, 0.4) is 0 Å². The van der Waals surface area contributed by atoms with Crippen molar-refractivity contribution in [2.45, 2.75) is 17.1 Å². The highest BCUT2D eigenvalue weighted by atomic mass is 35.5. The number of hydrogen-bond acceptors (Lipinski definition) is 9. The molecule has 2 aliphatic rings. The zero-order valence-electron chi connectivity index (χ0n) is 18.1. The van der Waals surface area contributed by atoms with Gasteiger partial charge in [-0.05, 0) is 29.5 Å². The van der Waals surface area contributed by atoms with E-state index in [0.29, 0.717) is 54.2 Å². The molecule has 11 nitrogen and oxygen atoms in total. The molecule has 0 spiro atoms. The lowest BCUT2D eigenvalue weighted by Gasteiger charge is -2.35. The number of anilines is 1. The molecule has 1 aromatic heterocycles. The van der Waals surface area contributed by atoms with E-state index in [1.54, 1.807) is 12.0 Å². The maximum Gasteiger partial charge on any atom is 0.412 e. The highest BCUT2D eigenvalue weighted by molar-refractivity contribution is 8.00. The number of hydrogen-bond donors (Lipinski definition) is 1. The van der Waals surface area contributed by atoms with E-state index in [4.69, 9.17) is 31.5 Å². The molecular weight excluding hydrogens is 472 g/mol. The summed E-state index contributed by atoms with van der Waals surface area (Å²) in [6.07, 6.45) is 0.772. The topological polar surface area (TPSA) is 123 Å². The van der Waals surface area contributed by atoms with Gasteiger partial charge in [-0.2, -0.15) is 4.98 Å². The van der Waals surface area contributed by atoms with E-state index in [9.17, 15) is 9.59 Å². The first-order valence-electron chi connectivity index (χ1n) is 10.1. The second kappa shape index (κ2) is 9.89. The number of halogens is 1. The SMILES string of the molecule is COc1ccc(CN2CCN(C(=O)OC3Sc4ncnc(OC)c4N3C(N)=O)CC2)cc1Cl. The molecule has 0 bridgehead atoms. The van der Waals surface area contributed by atoms with Crippen molar-refractivity contribution in [1.82, 2.24) is 19.8 Å². The number of thioether (sulfide) groups is 1. The van der Waals surface area contributed by atoms with Gasteiger partial charge >= 0.3 is 12.1 Å². The number of carbonyl (C=O) groups is 2. The lowest BCUT2D eigenvalue weighted by molar-refractivity contribution is 0.0690. The number of rotatable bonds is 5. The fraction of sp³-hybridized carbons (Fsp3) is 0.400. The first-order chi connectivity index (χ1) is 15.9. The van der Waals surface area contributed by atoms with Crippen LogP contribution < -0.4 is 20.1 Å².